The Hall–Kier alpha value is -1.41. The van der Waals surface area contributed by atoms with Crippen LogP contribution in [-0.4, -0.2) is 37.9 Å². The standard InChI is InChI=1S/C17H20N2O4S.ClH/c1-19(14-9-12-3-4-13(10-14)18-12)24(21,22)15-5-6-16-11(8-15)2-7-17(20)23-16;/h2,5-8,12-14,18H,3-4,9-10H2,1H3;1H. The largest absolute Gasteiger partial charge is 0.423 e. The number of benzene rings is 1. The predicted molar refractivity (Wildman–Crippen MR) is 97.6 cm³/mol. The molecule has 2 aliphatic heterocycles. The number of hydrogen-bond acceptors (Lipinski definition) is 5. The van der Waals surface area contributed by atoms with E-state index in [4.69, 9.17) is 4.42 Å². The van der Waals surface area contributed by atoms with Crippen LogP contribution in [0.15, 0.2) is 44.4 Å². The number of hydrogen-bond donors (Lipinski definition) is 1. The van der Waals surface area contributed by atoms with Gasteiger partial charge in [-0.3, -0.25) is 0 Å². The average Bonchev–Trinajstić information content (AvgIpc) is 2.91. The highest BCUT2D eigenvalue weighted by Gasteiger charge is 2.38. The lowest BCUT2D eigenvalue weighted by molar-refractivity contribution is 0.251. The van der Waals surface area contributed by atoms with Crippen molar-refractivity contribution in [3.63, 3.8) is 0 Å². The van der Waals surface area contributed by atoms with Gasteiger partial charge in [0.2, 0.25) is 10.0 Å². The molecule has 0 radical (unpaired) electrons. The lowest BCUT2D eigenvalue weighted by atomic mass is 10.0. The van der Waals surface area contributed by atoms with Gasteiger partial charge >= 0.3 is 5.63 Å². The van der Waals surface area contributed by atoms with E-state index in [2.05, 4.69) is 5.32 Å². The fraction of sp³-hybridized carbons (Fsp3) is 0.471. The summed E-state index contributed by atoms with van der Waals surface area (Å²) in [6.07, 6.45) is 3.97. The lowest BCUT2D eigenvalue weighted by Gasteiger charge is -2.34. The van der Waals surface area contributed by atoms with E-state index in [9.17, 15) is 13.2 Å². The van der Waals surface area contributed by atoms with E-state index in [1.54, 1.807) is 25.2 Å². The Morgan fingerprint density at radius 2 is 1.80 bits per heavy atom. The van der Waals surface area contributed by atoms with Crippen molar-refractivity contribution in [1.82, 2.24) is 9.62 Å². The van der Waals surface area contributed by atoms with Crippen LogP contribution in [0.1, 0.15) is 25.7 Å². The summed E-state index contributed by atoms with van der Waals surface area (Å²) >= 11 is 0. The minimum Gasteiger partial charge on any atom is -0.423 e. The molecule has 0 saturated carbocycles. The molecule has 2 aromatic rings. The van der Waals surface area contributed by atoms with Crippen molar-refractivity contribution in [2.45, 2.75) is 48.7 Å². The van der Waals surface area contributed by atoms with E-state index in [1.165, 1.54) is 16.4 Å². The van der Waals surface area contributed by atoms with Crippen molar-refractivity contribution in [3.05, 3.63) is 40.8 Å². The van der Waals surface area contributed by atoms with E-state index in [0.717, 1.165) is 25.7 Å². The molecule has 2 bridgehead atoms. The van der Waals surface area contributed by atoms with Crippen LogP contribution in [0, 0.1) is 0 Å². The quantitative estimate of drug-likeness (QED) is 0.820. The minimum atomic E-state index is -3.57. The molecule has 0 spiro atoms. The molecule has 2 fully saturated rings. The van der Waals surface area contributed by atoms with Gasteiger partial charge in [-0.2, -0.15) is 4.31 Å². The van der Waals surface area contributed by atoms with E-state index in [1.807, 2.05) is 0 Å². The van der Waals surface area contributed by atoms with Gasteiger partial charge in [0.15, 0.2) is 0 Å². The smallest absolute Gasteiger partial charge is 0.336 e. The molecule has 8 heteroatoms. The number of nitrogens with one attached hydrogen (secondary N) is 1. The molecule has 136 valence electrons. The molecule has 2 atom stereocenters. The third-order valence-corrected chi connectivity index (χ3v) is 7.14. The van der Waals surface area contributed by atoms with Crippen LogP contribution in [0.2, 0.25) is 0 Å². The van der Waals surface area contributed by atoms with Crippen LogP contribution >= 0.6 is 12.4 Å². The van der Waals surface area contributed by atoms with Crippen molar-refractivity contribution < 1.29 is 12.8 Å². The fourth-order valence-corrected chi connectivity index (χ4v) is 5.31. The molecule has 3 heterocycles. The summed E-state index contributed by atoms with van der Waals surface area (Å²) in [5.74, 6) is 0. The van der Waals surface area contributed by atoms with Gasteiger partial charge in [0, 0.05) is 36.6 Å². The first kappa shape index (κ1) is 18.4. The number of fused-ring (bicyclic) bond motifs is 3. The van der Waals surface area contributed by atoms with Gasteiger partial charge in [0.1, 0.15) is 5.58 Å². The fourth-order valence-electron chi connectivity index (χ4n) is 3.90. The molecule has 6 nitrogen and oxygen atoms in total. The average molecular weight is 385 g/mol. The minimum absolute atomic E-state index is 0. The summed E-state index contributed by atoms with van der Waals surface area (Å²) in [4.78, 5) is 11.5. The van der Waals surface area contributed by atoms with Crippen LogP contribution in [-0.2, 0) is 10.0 Å². The molecule has 25 heavy (non-hydrogen) atoms. The first-order chi connectivity index (χ1) is 11.4. The second kappa shape index (κ2) is 6.72. The summed E-state index contributed by atoms with van der Waals surface area (Å²) in [6, 6.07) is 8.39. The monoisotopic (exact) mass is 384 g/mol. The van der Waals surface area contributed by atoms with Crippen molar-refractivity contribution in [1.29, 1.82) is 0 Å². The maximum Gasteiger partial charge on any atom is 0.336 e. The Morgan fingerprint density at radius 3 is 2.48 bits per heavy atom. The van der Waals surface area contributed by atoms with Gasteiger partial charge in [-0.1, -0.05) is 0 Å². The zero-order valence-electron chi connectivity index (χ0n) is 13.8. The van der Waals surface area contributed by atoms with Crippen LogP contribution in [0.5, 0.6) is 0 Å². The summed E-state index contributed by atoms with van der Waals surface area (Å²) in [6.45, 7) is 0. The van der Waals surface area contributed by atoms with Gasteiger partial charge in [0.25, 0.3) is 0 Å². The zero-order valence-corrected chi connectivity index (χ0v) is 15.5. The molecule has 0 amide bonds. The summed E-state index contributed by atoms with van der Waals surface area (Å²) in [5, 5.41) is 4.14. The highest BCUT2D eigenvalue weighted by Crippen LogP contribution is 2.32. The molecule has 2 aliphatic rings. The molecule has 1 aromatic heterocycles. The first-order valence-electron chi connectivity index (χ1n) is 8.21. The van der Waals surface area contributed by atoms with Crippen LogP contribution in [0.3, 0.4) is 0 Å². The van der Waals surface area contributed by atoms with Gasteiger partial charge < -0.3 is 9.73 Å². The second-order valence-electron chi connectivity index (χ2n) is 6.74. The number of halogens is 1. The molecule has 2 saturated heterocycles. The first-order valence-corrected chi connectivity index (χ1v) is 9.65. The van der Waals surface area contributed by atoms with Crippen molar-refractivity contribution in [2.24, 2.45) is 0 Å². The molecular weight excluding hydrogens is 364 g/mol. The van der Waals surface area contributed by atoms with Gasteiger partial charge in [-0.05, 0) is 49.9 Å². The van der Waals surface area contributed by atoms with Gasteiger partial charge in [-0.25, -0.2) is 13.2 Å². The van der Waals surface area contributed by atoms with E-state index >= 15 is 0 Å². The Bertz CT molecular complexity index is 931. The lowest BCUT2D eigenvalue weighted by Crippen LogP contribution is -2.48. The zero-order chi connectivity index (χ0) is 16.9. The van der Waals surface area contributed by atoms with Gasteiger partial charge in [0.05, 0.1) is 4.90 Å². The molecular formula is C17H21ClN2O4S. The highest BCUT2D eigenvalue weighted by molar-refractivity contribution is 7.89. The van der Waals surface area contributed by atoms with Crippen LogP contribution in [0.4, 0.5) is 0 Å². The van der Waals surface area contributed by atoms with Crippen molar-refractivity contribution >= 4 is 33.4 Å². The Kier molecular flexibility index (Phi) is 4.94. The number of rotatable bonds is 3. The highest BCUT2D eigenvalue weighted by atomic mass is 35.5. The van der Waals surface area contributed by atoms with Crippen molar-refractivity contribution in [3.8, 4) is 0 Å². The topological polar surface area (TPSA) is 79.6 Å². The Labute approximate surface area is 152 Å². The number of sulfonamides is 1. The maximum atomic E-state index is 13.0. The Morgan fingerprint density at radius 1 is 1.12 bits per heavy atom. The molecule has 2 unspecified atom stereocenters. The van der Waals surface area contributed by atoms with E-state index < -0.39 is 15.6 Å². The Balaban J connectivity index is 0.00000182. The number of piperidine rings is 1. The van der Waals surface area contributed by atoms with E-state index in [0.29, 0.717) is 23.1 Å². The molecule has 0 aliphatic carbocycles. The molecule has 1 N–H and O–H groups in total. The summed E-state index contributed by atoms with van der Waals surface area (Å²) in [5.41, 5.74) is -0.0515. The number of nitrogens with zero attached hydrogens (tertiary/aromatic N) is 1. The molecule has 1 aromatic carbocycles. The maximum absolute atomic E-state index is 13.0. The van der Waals surface area contributed by atoms with Crippen molar-refractivity contribution in [2.75, 3.05) is 7.05 Å². The summed E-state index contributed by atoms with van der Waals surface area (Å²) in [7, 11) is -1.91. The summed E-state index contributed by atoms with van der Waals surface area (Å²) < 4.78 is 32.6. The third-order valence-electron chi connectivity index (χ3n) is 5.23. The third kappa shape index (κ3) is 3.33. The SMILES string of the molecule is CN(C1CC2CCC(C1)N2)S(=O)(=O)c1ccc2oc(=O)ccc2c1.Cl. The normalized spacial score (nSPS) is 25.9. The van der Waals surface area contributed by atoms with E-state index in [-0.39, 0.29) is 23.3 Å². The van der Waals surface area contributed by atoms with Crippen LogP contribution < -0.4 is 10.9 Å². The predicted octanol–water partition coefficient (Wildman–Crippen LogP) is 2.12. The van der Waals surface area contributed by atoms with Gasteiger partial charge in [-0.15, -0.1) is 12.4 Å². The van der Waals surface area contributed by atoms with Crippen LogP contribution in [0.25, 0.3) is 11.0 Å². The second-order valence-corrected chi connectivity index (χ2v) is 8.74. The molecule has 4 rings (SSSR count).